The summed E-state index contributed by atoms with van der Waals surface area (Å²) in [5.74, 6) is 2.86. The normalized spacial score (nSPS) is 11.8. The van der Waals surface area contributed by atoms with Gasteiger partial charge < -0.3 is 24.1 Å². The van der Waals surface area contributed by atoms with Gasteiger partial charge in [-0.1, -0.05) is 72.8 Å². The second-order valence-electron chi connectivity index (χ2n) is 9.75. The van der Waals surface area contributed by atoms with Crippen molar-refractivity contribution < 1.29 is 24.1 Å². The van der Waals surface area contributed by atoms with Crippen molar-refractivity contribution in [2.45, 2.75) is 0 Å². The van der Waals surface area contributed by atoms with Gasteiger partial charge in [0.2, 0.25) is 0 Å². The predicted octanol–water partition coefficient (Wildman–Crippen LogP) is 7.16. The number of aromatic hydroxyl groups is 1. The van der Waals surface area contributed by atoms with Crippen molar-refractivity contribution in [2.24, 2.45) is 0 Å². The average Bonchev–Trinajstić information content (AvgIpc) is 3.04. The molecule has 0 heterocycles. The van der Waals surface area contributed by atoms with Gasteiger partial charge in [-0.15, -0.1) is 0 Å². The van der Waals surface area contributed by atoms with Gasteiger partial charge in [0.1, 0.15) is 28.7 Å². The number of benzene rings is 6. The molecule has 1 N–H and O–H groups in total. The van der Waals surface area contributed by atoms with Crippen LogP contribution in [0.2, 0.25) is 0 Å². The van der Waals surface area contributed by atoms with Crippen LogP contribution in [-0.2, 0) is 0 Å². The fraction of sp³-hybridized carbons (Fsp3) is 0.111. The van der Waals surface area contributed by atoms with Gasteiger partial charge >= 0.3 is 0 Å². The van der Waals surface area contributed by atoms with E-state index in [-0.39, 0.29) is 5.75 Å². The van der Waals surface area contributed by atoms with Crippen LogP contribution in [-0.4, -0.2) is 33.5 Å². The van der Waals surface area contributed by atoms with Crippen LogP contribution in [0, 0.1) is 0 Å². The van der Waals surface area contributed by atoms with Gasteiger partial charge in [0.25, 0.3) is 0 Å². The Morgan fingerprint density at radius 2 is 1.12 bits per heavy atom. The molecule has 1 unspecified atom stereocenters. The van der Waals surface area contributed by atoms with Crippen molar-refractivity contribution in [3.8, 4) is 39.9 Å². The van der Waals surface area contributed by atoms with Gasteiger partial charge in [0.05, 0.1) is 33.7 Å². The van der Waals surface area contributed by atoms with E-state index in [1.165, 1.54) is 0 Å². The van der Waals surface area contributed by atoms with Crippen LogP contribution in [0.5, 0.6) is 28.7 Å². The van der Waals surface area contributed by atoms with E-state index in [2.05, 4.69) is 30.3 Å². The molecule has 42 heavy (non-hydrogen) atoms. The van der Waals surface area contributed by atoms with Crippen LogP contribution in [0.4, 0.5) is 0 Å². The topological polar surface area (TPSA) is 57.2 Å². The molecule has 0 aliphatic carbocycles. The Balaban J connectivity index is 1.70. The molecule has 0 aromatic heterocycles. The van der Waals surface area contributed by atoms with Crippen molar-refractivity contribution in [1.29, 1.82) is 0 Å². The quantitative estimate of drug-likeness (QED) is 0.154. The monoisotopic (exact) mass is 574 g/mol. The molecular formula is C36H31O5P. The van der Waals surface area contributed by atoms with Gasteiger partial charge in [-0.25, -0.2) is 0 Å². The fourth-order valence-electron chi connectivity index (χ4n) is 5.61. The maximum atomic E-state index is 12.3. The zero-order valence-corrected chi connectivity index (χ0v) is 24.8. The van der Waals surface area contributed by atoms with E-state index in [0.717, 1.165) is 48.6 Å². The molecule has 0 saturated carbocycles. The maximum absolute atomic E-state index is 12.3. The second kappa shape index (κ2) is 11.6. The fourth-order valence-corrected chi connectivity index (χ4v) is 8.29. The molecule has 0 aliphatic heterocycles. The van der Waals surface area contributed by atoms with Crippen molar-refractivity contribution >= 4 is 45.4 Å². The average molecular weight is 575 g/mol. The molecule has 0 fully saturated rings. The van der Waals surface area contributed by atoms with Crippen molar-refractivity contribution in [2.75, 3.05) is 28.4 Å². The highest BCUT2D eigenvalue weighted by Crippen LogP contribution is 2.48. The minimum Gasteiger partial charge on any atom is -0.507 e. The molecule has 5 nitrogen and oxygen atoms in total. The van der Waals surface area contributed by atoms with Crippen molar-refractivity contribution in [3.63, 3.8) is 0 Å². The molecule has 0 saturated heterocycles. The standard InChI is InChI=1S/C36H31O5P/c1-38-25-19-20-32(31(22-25)41-4)42(36-29(39-2)16-10-17-30(36)40-3)33-18-9-15-28(35(33)37)34-26-13-7-5-11-23(26)21-24-12-6-8-14-27(24)34/h5-22,37H,1-4H3. The lowest BCUT2D eigenvalue weighted by atomic mass is 9.91. The van der Waals surface area contributed by atoms with Crippen LogP contribution in [0.1, 0.15) is 0 Å². The molecule has 0 amide bonds. The maximum Gasteiger partial charge on any atom is 0.131 e. The first-order chi connectivity index (χ1) is 20.6. The number of hydrogen-bond acceptors (Lipinski definition) is 5. The summed E-state index contributed by atoms with van der Waals surface area (Å²) in [7, 11) is 5.13. The molecule has 0 bridgehead atoms. The van der Waals surface area contributed by atoms with E-state index in [1.54, 1.807) is 28.4 Å². The van der Waals surface area contributed by atoms with Crippen molar-refractivity contribution in [3.05, 3.63) is 109 Å². The summed E-state index contributed by atoms with van der Waals surface area (Å²) in [5.41, 5.74) is 1.75. The third kappa shape index (κ3) is 4.66. The number of phenols is 1. The first-order valence-electron chi connectivity index (χ1n) is 13.6. The predicted molar refractivity (Wildman–Crippen MR) is 173 cm³/mol. The van der Waals surface area contributed by atoms with Crippen LogP contribution in [0.15, 0.2) is 109 Å². The highest BCUT2D eigenvalue weighted by atomic mass is 31.1. The Bertz CT molecular complexity index is 1840. The summed E-state index contributed by atoms with van der Waals surface area (Å²) in [6.07, 6.45) is 0. The summed E-state index contributed by atoms with van der Waals surface area (Å²) in [6.45, 7) is 0. The second-order valence-corrected chi connectivity index (χ2v) is 11.8. The van der Waals surface area contributed by atoms with E-state index in [9.17, 15) is 5.11 Å². The van der Waals surface area contributed by atoms with E-state index < -0.39 is 7.92 Å². The number of phenolic OH excluding ortho intramolecular Hbond substituents is 1. The van der Waals surface area contributed by atoms with Crippen LogP contribution in [0.3, 0.4) is 0 Å². The lowest BCUT2D eigenvalue weighted by Crippen LogP contribution is -2.25. The lowest BCUT2D eigenvalue weighted by Gasteiger charge is -2.26. The van der Waals surface area contributed by atoms with E-state index in [1.807, 2.05) is 78.9 Å². The van der Waals surface area contributed by atoms with E-state index >= 15 is 0 Å². The summed E-state index contributed by atoms with van der Waals surface area (Å²) in [4.78, 5) is 0. The van der Waals surface area contributed by atoms with Gasteiger partial charge in [-0.05, 0) is 51.9 Å². The summed E-state index contributed by atoms with van der Waals surface area (Å²) < 4.78 is 23.2. The van der Waals surface area contributed by atoms with Crippen LogP contribution in [0.25, 0.3) is 32.7 Å². The Morgan fingerprint density at radius 3 is 1.71 bits per heavy atom. The number of fused-ring (bicyclic) bond motifs is 2. The summed E-state index contributed by atoms with van der Waals surface area (Å²) >= 11 is 0. The first-order valence-corrected chi connectivity index (χ1v) is 14.9. The number of hydrogen-bond donors (Lipinski definition) is 1. The Hall–Kier alpha value is -4.73. The zero-order chi connectivity index (χ0) is 29.2. The van der Waals surface area contributed by atoms with Crippen molar-refractivity contribution in [1.82, 2.24) is 0 Å². The molecule has 6 aromatic rings. The van der Waals surface area contributed by atoms with Gasteiger partial charge in [0, 0.05) is 35.7 Å². The largest absolute Gasteiger partial charge is 0.507 e. The summed E-state index contributed by atoms with van der Waals surface area (Å²) in [5, 5.41) is 19.2. The Labute approximate surface area is 246 Å². The molecule has 210 valence electrons. The van der Waals surface area contributed by atoms with Gasteiger partial charge in [-0.3, -0.25) is 0 Å². The minimum atomic E-state index is -1.44. The number of para-hydroxylation sites is 1. The summed E-state index contributed by atoms with van der Waals surface area (Å²) in [6, 6.07) is 36.3. The van der Waals surface area contributed by atoms with Crippen LogP contribution >= 0.6 is 7.92 Å². The molecule has 6 rings (SSSR count). The third-order valence-electron chi connectivity index (χ3n) is 7.55. The number of ether oxygens (including phenoxy) is 4. The van der Waals surface area contributed by atoms with E-state index in [0.29, 0.717) is 23.0 Å². The van der Waals surface area contributed by atoms with Gasteiger partial charge in [0.15, 0.2) is 0 Å². The highest BCUT2D eigenvalue weighted by molar-refractivity contribution is 7.80. The SMILES string of the molecule is COc1ccc(P(c2cccc(-c3c4ccccc4cc4ccccc34)c2O)c2c(OC)cccc2OC)c(OC)c1. The Kier molecular flexibility index (Phi) is 7.60. The third-order valence-corrected chi connectivity index (χ3v) is 10.1. The highest BCUT2D eigenvalue weighted by Gasteiger charge is 2.30. The zero-order valence-electron chi connectivity index (χ0n) is 23.9. The molecule has 1 atom stereocenters. The molecule has 6 heteroatoms. The number of methoxy groups -OCH3 is 4. The minimum absolute atomic E-state index is 0.205. The molecule has 0 spiro atoms. The van der Waals surface area contributed by atoms with Crippen LogP contribution < -0.4 is 34.9 Å². The molecular weight excluding hydrogens is 543 g/mol. The van der Waals surface area contributed by atoms with E-state index in [4.69, 9.17) is 18.9 Å². The van der Waals surface area contributed by atoms with Gasteiger partial charge in [-0.2, -0.15) is 0 Å². The molecule has 0 radical (unpaired) electrons. The Morgan fingerprint density at radius 1 is 0.524 bits per heavy atom. The smallest absolute Gasteiger partial charge is 0.131 e. The number of rotatable bonds is 8. The first kappa shape index (κ1) is 27.4. The molecule has 6 aromatic carbocycles. The molecule has 0 aliphatic rings. The lowest BCUT2D eigenvalue weighted by molar-refractivity contribution is 0.396.